The number of nitrogens with two attached hydrogens (primary N) is 1. The summed E-state index contributed by atoms with van der Waals surface area (Å²) >= 11 is 0. The van der Waals surface area contributed by atoms with Crippen molar-refractivity contribution in [1.29, 1.82) is 0 Å². The van der Waals surface area contributed by atoms with Crippen molar-refractivity contribution in [3.63, 3.8) is 0 Å². The van der Waals surface area contributed by atoms with Crippen LogP contribution in [0.25, 0.3) is 0 Å². The number of rotatable bonds is 8. The molecule has 1 aromatic carbocycles. The Hall–Kier alpha value is -1.22. The summed E-state index contributed by atoms with van der Waals surface area (Å²) in [5.74, 6) is 1.62. The molecule has 0 heterocycles. The maximum atomic E-state index is 5.65. The monoisotopic (exact) mass is 223 g/mol. The Morgan fingerprint density at radius 1 is 1.00 bits per heavy atom. The molecule has 0 radical (unpaired) electrons. The second-order valence-electron chi connectivity index (χ2n) is 3.70. The van der Waals surface area contributed by atoms with Gasteiger partial charge in [0, 0.05) is 0 Å². The summed E-state index contributed by atoms with van der Waals surface area (Å²) in [7, 11) is 1.66. The van der Waals surface area contributed by atoms with E-state index in [1.807, 2.05) is 24.3 Å². The highest BCUT2D eigenvalue weighted by atomic mass is 16.5. The topological polar surface area (TPSA) is 44.5 Å². The minimum absolute atomic E-state index is 0.741. The van der Waals surface area contributed by atoms with Gasteiger partial charge < -0.3 is 15.2 Å². The largest absolute Gasteiger partial charge is 0.493 e. The van der Waals surface area contributed by atoms with Crippen LogP contribution in [0.4, 0.5) is 0 Å². The molecule has 3 nitrogen and oxygen atoms in total. The molecule has 0 amide bonds. The molecule has 1 aromatic rings. The van der Waals surface area contributed by atoms with E-state index in [2.05, 4.69) is 0 Å². The third-order valence-electron chi connectivity index (χ3n) is 2.43. The van der Waals surface area contributed by atoms with E-state index in [0.29, 0.717) is 0 Å². The van der Waals surface area contributed by atoms with Gasteiger partial charge in [-0.25, -0.2) is 0 Å². The van der Waals surface area contributed by atoms with Crippen molar-refractivity contribution in [2.24, 2.45) is 5.73 Å². The van der Waals surface area contributed by atoms with Crippen molar-refractivity contribution in [2.45, 2.75) is 25.7 Å². The van der Waals surface area contributed by atoms with Crippen molar-refractivity contribution in [3.05, 3.63) is 24.3 Å². The Kier molecular flexibility index (Phi) is 6.42. The number of benzene rings is 1. The Bertz CT molecular complexity index is 289. The van der Waals surface area contributed by atoms with Crippen LogP contribution < -0.4 is 15.2 Å². The Labute approximate surface area is 97.6 Å². The summed E-state index contributed by atoms with van der Waals surface area (Å²) in [6.07, 6.45) is 4.53. The molecule has 0 unspecified atom stereocenters. The third-order valence-corrected chi connectivity index (χ3v) is 2.43. The van der Waals surface area contributed by atoms with Crippen LogP contribution in [0.2, 0.25) is 0 Å². The zero-order valence-electron chi connectivity index (χ0n) is 9.95. The SMILES string of the molecule is COc1ccccc1OCCCCCCN. The van der Waals surface area contributed by atoms with Crippen LogP contribution in [0.5, 0.6) is 11.5 Å². The zero-order chi connectivity index (χ0) is 11.6. The van der Waals surface area contributed by atoms with E-state index in [9.17, 15) is 0 Å². The summed E-state index contributed by atoms with van der Waals surface area (Å²) in [5.41, 5.74) is 5.42. The fraction of sp³-hybridized carbons (Fsp3) is 0.538. The molecule has 3 heteroatoms. The lowest BCUT2D eigenvalue weighted by Gasteiger charge is -2.09. The first-order valence-electron chi connectivity index (χ1n) is 5.84. The molecule has 90 valence electrons. The van der Waals surface area contributed by atoms with Gasteiger partial charge in [0.1, 0.15) is 0 Å². The predicted molar refractivity (Wildman–Crippen MR) is 66.0 cm³/mol. The summed E-state index contributed by atoms with van der Waals surface area (Å²) in [4.78, 5) is 0. The van der Waals surface area contributed by atoms with Crippen molar-refractivity contribution in [2.75, 3.05) is 20.3 Å². The standard InChI is InChI=1S/C13H21NO2/c1-15-12-8-4-5-9-13(12)16-11-7-3-2-6-10-14/h4-5,8-9H,2-3,6-7,10-11,14H2,1H3. The van der Waals surface area contributed by atoms with Crippen LogP contribution in [-0.4, -0.2) is 20.3 Å². The maximum Gasteiger partial charge on any atom is 0.161 e. The lowest BCUT2D eigenvalue weighted by Crippen LogP contribution is -2.01. The van der Waals surface area contributed by atoms with Gasteiger partial charge in [-0.05, 0) is 31.5 Å². The van der Waals surface area contributed by atoms with Gasteiger partial charge in [-0.3, -0.25) is 0 Å². The molecule has 0 fully saturated rings. The van der Waals surface area contributed by atoms with Crippen LogP contribution in [0, 0.1) is 0 Å². The number of hydrogen-bond donors (Lipinski definition) is 1. The van der Waals surface area contributed by atoms with E-state index in [1.54, 1.807) is 7.11 Å². The molecule has 0 aliphatic rings. The zero-order valence-corrected chi connectivity index (χ0v) is 9.95. The van der Waals surface area contributed by atoms with E-state index in [4.69, 9.17) is 15.2 Å². The average Bonchev–Trinajstić information content (AvgIpc) is 2.34. The summed E-state index contributed by atoms with van der Waals surface area (Å²) < 4.78 is 10.9. The van der Waals surface area contributed by atoms with Crippen molar-refractivity contribution < 1.29 is 9.47 Å². The molecule has 1 rings (SSSR count). The number of unbranched alkanes of at least 4 members (excludes halogenated alkanes) is 3. The van der Waals surface area contributed by atoms with Gasteiger partial charge in [0.25, 0.3) is 0 Å². The van der Waals surface area contributed by atoms with Crippen LogP contribution in [0.3, 0.4) is 0 Å². The van der Waals surface area contributed by atoms with E-state index >= 15 is 0 Å². The quantitative estimate of drug-likeness (QED) is 0.689. The Balaban J connectivity index is 2.21. The van der Waals surface area contributed by atoms with Crippen LogP contribution in [0.15, 0.2) is 24.3 Å². The third kappa shape index (κ3) is 4.53. The molecule has 0 atom stereocenters. The predicted octanol–water partition coefficient (Wildman–Crippen LogP) is 2.59. The first kappa shape index (κ1) is 12.8. The highest BCUT2D eigenvalue weighted by molar-refractivity contribution is 5.39. The van der Waals surface area contributed by atoms with Crippen molar-refractivity contribution >= 4 is 0 Å². The lowest BCUT2D eigenvalue weighted by molar-refractivity contribution is 0.285. The molecule has 0 saturated heterocycles. The van der Waals surface area contributed by atoms with Crippen LogP contribution in [-0.2, 0) is 0 Å². The molecule has 2 N–H and O–H groups in total. The molecule has 0 aromatic heterocycles. The second-order valence-corrected chi connectivity index (χ2v) is 3.70. The Morgan fingerprint density at radius 3 is 2.38 bits per heavy atom. The minimum Gasteiger partial charge on any atom is -0.493 e. The van der Waals surface area contributed by atoms with E-state index in [0.717, 1.165) is 37.5 Å². The van der Waals surface area contributed by atoms with Crippen LogP contribution >= 0.6 is 0 Å². The highest BCUT2D eigenvalue weighted by Crippen LogP contribution is 2.25. The molecular formula is C13H21NO2. The van der Waals surface area contributed by atoms with E-state index in [-0.39, 0.29) is 0 Å². The number of para-hydroxylation sites is 2. The molecule has 0 aliphatic carbocycles. The fourth-order valence-corrected chi connectivity index (χ4v) is 1.52. The van der Waals surface area contributed by atoms with Gasteiger partial charge in [-0.15, -0.1) is 0 Å². The summed E-state index contributed by atoms with van der Waals surface area (Å²) in [6.45, 7) is 1.53. The highest BCUT2D eigenvalue weighted by Gasteiger charge is 2.01. The number of ether oxygens (including phenoxy) is 2. The van der Waals surface area contributed by atoms with Gasteiger partial charge in [0.15, 0.2) is 11.5 Å². The second kappa shape index (κ2) is 7.99. The van der Waals surface area contributed by atoms with E-state index < -0.39 is 0 Å². The van der Waals surface area contributed by atoms with Gasteiger partial charge in [0.2, 0.25) is 0 Å². The molecular weight excluding hydrogens is 202 g/mol. The maximum absolute atomic E-state index is 5.65. The fourth-order valence-electron chi connectivity index (χ4n) is 1.52. The normalized spacial score (nSPS) is 10.1. The summed E-state index contributed by atoms with van der Waals surface area (Å²) in [5, 5.41) is 0. The molecule has 16 heavy (non-hydrogen) atoms. The molecule has 0 aliphatic heterocycles. The van der Waals surface area contributed by atoms with Gasteiger partial charge in [0.05, 0.1) is 13.7 Å². The number of hydrogen-bond acceptors (Lipinski definition) is 3. The summed E-state index contributed by atoms with van der Waals surface area (Å²) in [6, 6.07) is 7.72. The van der Waals surface area contributed by atoms with E-state index in [1.165, 1.54) is 12.8 Å². The van der Waals surface area contributed by atoms with Crippen molar-refractivity contribution in [1.82, 2.24) is 0 Å². The Morgan fingerprint density at radius 2 is 1.69 bits per heavy atom. The van der Waals surface area contributed by atoms with Crippen molar-refractivity contribution in [3.8, 4) is 11.5 Å². The smallest absolute Gasteiger partial charge is 0.161 e. The molecule has 0 saturated carbocycles. The van der Waals surface area contributed by atoms with Gasteiger partial charge in [-0.2, -0.15) is 0 Å². The van der Waals surface area contributed by atoms with Gasteiger partial charge in [-0.1, -0.05) is 25.0 Å². The average molecular weight is 223 g/mol. The first-order chi connectivity index (χ1) is 7.88. The molecule has 0 bridgehead atoms. The van der Waals surface area contributed by atoms with Crippen LogP contribution in [0.1, 0.15) is 25.7 Å². The number of methoxy groups -OCH3 is 1. The van der Waals surface area contributed by atoms with Gasteiger partial charge >= 0.3 is 0 Å². The lowest BCUT2D eigenvalue weighted by atomic mass is 10.2. The minimum atomic E-state index is 0.741. The molecule has 0 spiro atoms. The first-order valence-corrected chi connectivity index (χ1v) is 5.84.